The molecule has 0 saturated heterocycles. The molecule has 0 atom stereocenters. The van der Waals surface area contributed by atoms with E-state index in [9.17, 15) is 4.79 Å². The molecule has 1 amide bonds. The molecular weight excluding hydrogens is 314 g/mol. The number of amides is 1. The maximum Gasteiger partial charge on any atom is 0.276 e. The normalized spacial score (nSPS) is 13.6. The van der Waals surface area contributed by atoms with Crippen LogP contribution in [0, 0.1) is 6.92 Å². The van der Waals surface area contributed by atoms with Crippen molar-refractivity contribution in [3.05, 3.63) is 77.5 Å². The Labute approximate surface area is 146 Å². The first-order chi connectivity index (χ1) is 12.2. The van der Waals surface area contributed by atoms with E-state index in [0.717, 1.165) is 16.8 Å². The molecule has 0 fully saturated rings. The highest BCUT2D eigenvalue weighted by molar-refractivity contribution is 6.05. The summed E-state index contributed by atoms with van der Waals surface area (Å²) in [5.41, 5.74) is 3.69. The second-order valence-electron chi connectivity index (χ2n) is 6.16. The van der Waals surface area contributed by atoms with Crippen LogP contribution in [0.15, 0.2) is 60.7 Å². The van der Waals surface area contributed by atoms with E-state index in [2.05, 4.69) is 5.10 Å². The second kappa shape index (κ2) is 6.43. The van der Waals surface area contributed by atoms with Gasteiger partial charge in [0.05, 0.1) is 6.54 Å². The lowest BCUT2D eigenvalue weighted by Gasteiger charge is -2.27. The predicted octanol–water partition coefficient (Wildman–Crippen LogP) is 3.43. The first-order valence-electron chi connectivity index (χ1n) is 8.34. The van der Waals surface area contributed by atoms with Crippen LogP contribution in [0.25, 0.3) is 0 Å². The predicted molar refractivity (Wildman–Crippen MR) is 95.9 cm³/mol. The summed E-state index contributed by atoms with van der Waals surface area (Å²) in [7, 11) is 0. The Hall–Kier alpha value is -3.08. The first-order valence-corrected chi connectivity index (χ1v) is 8.34. The van der Waals surface area contributed by atoms with Gasteiger partial charge < -0.3 is 9.64 Å². The fourth-order valence-corrected chi connectivity index (χ4v) is 3.01. The van der Waals surface area contributed by atoms with E-state index in [1.165, 1.54) is 0 Å². The van der Waals surface area contributed by atoms with Gasteiger partial charge in [0.1, 0.15) is 12.3 Å². The topological polar surface area (TPSA) is 47.4 Å². The van der Waals surface area contributed by atoms with Crippen molar-refractivity contribution in [3.63, 3.8) is 0 Å². The monoisotopic (exact) mass is 333 g/mol. The van der Waals surface area contributed by atoms with Gasteiger partial charge in [-0.25, -0.2) is 0 Å². The number of fused-ring (bicyclic) bond motifs is 1. The molecule has 0 bridgehead atoms. The summed E-state index contributed by atoms with van der Waals surface area (Å²) < 4.78 is 7.48. The average Bonchev–Trinajstić information content (AvgIpc) is 3.05. The molecule has 0 aliphatic carbocycles. The third-order valence-electron chi connectivity index (χ3n) is 4.30. The minimum absolute atomic E-state index is 0.0427. The summed E-state index contributed by atoms with van der Waals surface area (Å²) in [6.45, 7) is 3.73. The fourth-order valence-electron chi connectivity index (χ4n) is 3.01. The van der Waals surface area contributed by atoms with Crippen molar-refractivity contribution in [2.75, 3.05) is 11.4 Å². The quantitative estimate of drug-likeness (QED) is 0.735. The van der Waals surface area contributed by atoms with Crippen LogP contribution in [0.3, 0.4) is 0 Å². The van der Waals surface area contributed by atoms with E-state index in [1.54, 1.807) is 15.6 Å². The SMILES string of the molecule is Cc1cccc(N2CCn3nc(OCc4ccccc4)cc3C2=O)c1. The zero-order valence-electron chi connectivity index (χ0n) is 14.1. The van der Waals surface area contributed by atoms with Gasteiger partial charge in [0, 0.05) is 18.3 Å². The van der Waals surface area contributed by atoms with Crippen LogP contribution >= 0.6 is 0 Å². The highest BCUT2D eigenvalue weighted by Gasteiger charge is 2.28. The summed E-state index contributed by atoms with van der Waals surface area (Å²) in [5, 5.41) is 4.41. The number of hydrogen-bond donors (Lipinski definition) is 0. The number of anilines is 1. The molecule has 1 aromatic heterocycles. The van der Waals surface area contributed by atoms with Gasteiger partial charge in [0.15, 0.2) is 0 Å². The number of rotatable bonds is 4. The summed E-state index contributed by atoms with van der Waals surface area (Å²) in [6, 6.07) is 19.6. The Bertz CT molecular complexity index is 902. The summed E-state index contributed by atoms with van der Waals surface area (Å²) in [4.78, 5) is 14.6. The molecule has 5 heteroatoms. The van der Waals surface area contributed by atoms with Crippen molar-refractivity contribution < 1.29 is 9.53 Å². The molecule has 5 nitrogen and oxygen atoms in total. The zero-order valence-corrected chi connectivity index (χ0v) is 14.1. The number of nitrogens with zero attached hydrogens (tertiary/aromatic N) is 3. The molecule has 0 radical (unpaired) electrons. The van der Waals surface area contributed by atoms with Gasteiger partial charge in [0.25, 0.3) is 5.91 Å². The van der Waals surface area contributed by atoms with Crippen molar-refractivity contribution in [2.45, 2.75) is 20.1 Å². The fraction of sp³-hybridized carbons (Fsp3) is 0.200. The molecule has 25 heavy (non-hydrogen) atoms. The average molecular weight is 333 g/mol. The summed E-state index contributed by atoms with van der Waals surface area (Å²) in [5.74, 6) is 0.442. The van der Waals surface area contributed by atoms with Crippen LogP contribution < -0.4 is 9.64 Å². The number of aromatic nitrogens is 2. The lowest BCUT2D eigenvalue weighted by molar-refractivity contribution is 0.0962. The van der Waals surface area contributed by atoms with Gasteiger partial charge in [-0.05, 0) is 30.2 Å². The Kier molecular flexibility index (Phi) is 3.98. The highest BCUT2D eigenvalue weighted by Crippen LogP contribution is 2.24. The Morgan fingerprint density at radius 3 is 2.68 bits per heavy atom. The number of ether oxygens (including phenoxy) is 1. The van der Waals surface area contributed by atoms with Gasteiger partial charge in [-0.2, -0.15) is 0 Å². The maximum absolute atomic E-state index is 12.8. The second-order valence-corrected chi connectivity index (χ2v) is 6.16. The van der Waals surface area contributed by atoms with E-state index in [1.807, 2.05) is 61.5 Å². The number of benzene rings is 2. The minimum Gasteiger partial charge on any atom is -0.472 e. The van der Waals surface area contributed by atoms with E-state index in [0.29, 0.717) is 31.3 Å². The van der Waals surface area contributed by atoms with Crippen molar-refractivity contribution >= 4 is 11.6 Å². The lowest BCUT2D eigenvalue weighted by Crippen LogP contribution is -2.40. The molecule has 0 saturated carbocycles. The highest BCUT2D eigenvalue weighted by atomic mass is 16.5. The maximum atomic E-state index is 12.8. The molecular formula is C20H19N3O2. The molecule has 4 rings (SSSR count). The van der Waals surface area contributed by atoms with Crippen LogP contribution in [0.5, 0.6) is 5.88 Å². The molecule has 0 N–H and O–H groups in total. The Balaban J connectivity index is 1.53. The molecule has 0 unspecified atom stereocenters. The number of aryl methyl sites for hydroxylation is 1. The van der Waals surface area contributed by atoms with Crippen molar-refractivity contribution in [3.8, 4) is 5.88 Å². The molecule has 2 heterocycles. The largest absolute Gasteiger partial charge is 0.472 e. The number of hydrogen-bond acceptors (Lipinski definition) is 3. The summed E-state index contributed by atoms with van der Waals surface area (Å²) in [6.07, 6.45) is 0. The smallest absolute Gasteiger partial charge is 0.276 e. The molecule has 2 aromatic carbocycles. The van der Waals surface area contributed by atoms with E-state index in [4.69, 9.17) is 4.74 Å². The number of carbonyl (C=O) groups excluding carboxylic acids is 1. The van der Waals surface area contributed by atoms with E-state index in [-0.39, 0.29) is 5.91 Å². The molecule has 126 valence electrons. The number of carbonyl (C=O) groups is 1. The van der Waals surface area contributed by atoms with Gasteiger partial charge in [0.2, 0.25) is 5.88 Å². The third-order valence-corrected chi connectivity index (χ3v) is 4.30. The van der Waals surface area contributed by atoms with Crippen molar-refractivity contribution in [2.24, 2.45) is 0 Å². The van der Waals surface area contributed by atoms with Crippen molar-refractivity contribution in [1.82, 2.24) is 9.78 Å². The summed E-state index contributed by atoms with van der Waals surface area (Å²) >= 11 is 0. The van der Waals surface area contributed by atoms with Gasteiger partial charge in [-0.3, -0.25) is 9.48 Å². The Morgan fingerprint density at radius 2 is 1.88 bits per heavy atom. The molecule has 3 aromatic rings. The molecule has 1 aliphatic rings. The Morgan fingerprint density at radius 1 is 1.04 bits per heavy atom. The van der Waals surface area contributed by atoms with Crippen LogP contribution in [0.2, 0.25) is 0 Å². The standard InChI is InChI=1S/C20H19N3O2/c1-15-6-5-9-17(12-15)22-10-11-23-18(20(22)24)13-19(21-23)25-14-16-7-3-2-4-8-16/h2-9,12-13H,10-11,14H2,1H3. The van der Waals surface area contributed by atoms with Crippen molar-refractivity contribution in [1.29, 1.82) is 0 Å². The minimum atomic E-state index is -0.0427. The first kappa shape index (κ1) is 15.4. The van der Waals surface area contributed by atoms with Crippen LogP contribution in [-0.4, -0.2) is 22.2 Å². The van der Waals surface area contributed by atoms with Crippen LogP contribution in [0.4, 0.5) is 5.69 Å². The zero-order chi connectivity index (χ0) is 17.2. The van der Waals surface area contributed by atoms with E-state index < -0.39 is 0 Å². The van der Waals surface area contributed by atoms with Crippen LogP contribution in [-0.2, 0) is 13.2 Å². The molecule has 0 spiro atoms. The van der Waals surface area contributed by atoms with E-state index >= 15 is 0 Å². The molecule has 1 aliphatic heterocycles. The van der Waals surface area contributed by atoms with Gasteiger partial charge >= 0.3 is 0 Å². The van der Waals surface area contributed by atoms with Crippen LogP contribution in [0.1, 0.15) is 21.6 Å². The van der Waals surface area contributed by atoms with Gasteiger partial charge in [-0.15, -0.1) is 5.10 Å². The lowest BCUT2D eigenvalue weighted by atomic mass is 10.2. The van der Waals surface area contributed by atoms with Gasteiger partial charge in [-0.1, -0.05) is 42.5 Å². The third kappa shape index (κ3) is 3.13.